The van der Waals surface area contributed by atoms with Crippen LogP contribution in [-0.2, 0) is 10.2 Å². The first-order chi connectivity index (χ1) is 20.5. The number of ketones is 1. The lowest BCUT2D eigenvalue weighted by atomic mass is 9.84. The molecule has 4 heteroatoms. The number of allylic oxidation sites excluding steroid dienone is 2. The van der Waals surface area contributed by atoms with Gasteiger partial charge in [0, 0.05) is 41.3 Å². The van der Waals surface area contributed by atoms with E-state index in [1.54, 1.807) is 18.3 Å². The zero-order valence-electron chi connectivity index (χ0n) is 26.5. The van der Waals surface area contributed by atoms with Crippen molar-refractivity contribution >= 4 is 23.3 Å². The number of pyridine rings is 1. The maximum atomic E-state index is 12.8. The van der Waals surface area contributed by atoms with Crippen molar-refractivity contribution in [3.8, 4) is 0 Å². The Bertz CT molecular complexity index is 1240. The van der Waals surface area contributed by atoms with Crippen LogP contribution >= 0.6 is 0 Å². The van der Waals surface area contributed by atoms with Crippen LogP contribution in [0.3, 0.4) is 0 Å². The molecule has 0 saturated carbocycles. The molecule has 226 valence electrons. The predicted molar refractivity (Wildman–Crippen MR) is 179 cm³/mol. The van der Waals surface area contributed by atoms with Gasteiger partial charge in [0.25, 0.3) is 0 Å². The summed E-state index contributed by atoms with van der Waals surface area (Å²) >= 11 is 0. The molecule has 1 aliphatic carbocycles. The van der Waals surface area contributed by atoms with E-state index in [2.05, 4.69) is 54.9 Å². The number of aliphatic imine (C=N–C) groups is 1. The van der Waals surface area contributed by atoms with Crippen LogP contribution in [0.4, 0.5) is 5.69 Å². The van der Waals surface area contributed by atoms with E-state index in [9.17, 15) is 4.79 Å². The zero-order valence-corrected chi connectivity index (χ0v) is 26.5. The van der Waals surface area contributed by atoms with Gasteiger partial charge in [0.1, 0.15) is 5.71 Å². The summed E-state index contributed by atoms with van der Waals surface area (Å²) in [6.07, 6.45) is 29.1. The van der Waals surface area contributed by atoms with Crippen LogP contribution < -0.4 is 4.90 Å². The minimum absolute atomic E-state index is 0.0648. The molecule has 1 aliphatic heterocycles. The smallest absolute Gasteiger partial charge is 0.204 e. The molecule has 0 bridgehead atoms. The first-order valence-corrected chi connectivity index (χ1v) is 16.9. The maximum Gasteiger partial charge on any atom is 0.204 e. The second-order valence-electron chi connectivity index (χ2n) is 12.7. The number of rotatable bonds is 18. The third kappa shape index (κ3) is 8.52. The number of carbonyl (C=O) groups is 1. The molecule has 4 nitrogen and oxygen atoms in total. The molecule has 0 amide bonds. The van der Waals surface area contributed by atoms with Crippen molar-refractivity contribution in [1.29, 1.82) is 0 Å². The van der Waals surface area contributed by atoms with Gasteiger partial charge in [-0.3, -0.25) is 14.8 Å². The Morgan fingerprint density at radius 2 is 1.36 bits per heavy atom. The first kappa shape index (κ1) is 31.9. The highest BCUT2D eigenvalue weighted by molar-refractivity contribution is 6.52. The van der Waals surface area contributed by atoms with Gasteiger partial charge in [-0.2, -0.15) is 0 Å². The van der Waals surface area contributed by atoms with Crippen LogP contribution in [-0.4, -0.2) is 23.0 Å². The van der Waals surface area contributed by atoms with Gasteiger partial charge in [-0.15, -0.1) is 0 Å². The minimum Gasteiger partial charge on any atom is -0.343 e. The van der Waals surface area contributed by atoms with Gasteiger partial charge in [-0.05, 0) is 42.3 Å². The van der Waals surface area contributed by atoms with Crippen LogP contribution in [0, 0.1) is 0 Å². The topological polar surface area (TPSA) is 45.6 Å². The molecule has 0 spiro atoms. The molecule has 0 radical (unpaired) electrons. The summed E-state index contributed by atoms with van der Waals surface area (Å²) in [4.78, 5) is 24.4. The lowest BCUT2D eigenvalue weighted by Gasteiger charge is -2.26. The second-order valence-corrected chi connectivity index (χ2v) is 12.7. The average molecular weight is 568 g/mol. The highest BCUT2D eigenvalue weighted by Crippen LogP contribution is 2.47. The Morgan fingerprint density at radius 1 is 0.762 bits per heavy atom. The molecule has 2 aliphatic rings. The minimum atomic E-state index is -0.180. The average Bonchev–Trinajstić information content (AvgIpc) is 3.21. The molecule has 0 N–H and O–H groups in total. The third-order valence-corrected chi connectivity index (χ3v) is 9.07. The molecule has 42 heavy (non-hydrogen) atoms. The Hall–Kier alpha value is -3.01. The van der Waals surface area contributed by atoms with E-state index in [-0.39, 0.29) is 11.2 Å². The van der Waals surface area contributed by atoms with Crippen LogP contribution in [0.2, 0.25) is 0 Å². The van der Waals surface area contributed by atoms with E-state index in [0.717, 1.165) is 29.9 Å². The summed E-state index contributed by atoms with van der Waals surface area (Å²) in [6.45, 7) is 7.80. The Labute approximate surface area is 255 Å². The molecule has 0 atom stereocenters. The number of aromatic nitrogens is 1. The van der Waals surface area contributed by atoms with E-state index < -0.39 is 0 Å². The van der Waals surface area contributed by atoms with E-state index in [1.165, 1.54) is 108 Å². The number of anilines is 1. The molecule has 2 heterocycles. The van der Waals surface area contributed by atoms with Gasteiger partial charge in [0.2, 0.25) is 5.78 Å². The van der Waals surface area contributed by atoms with Gasteiger partial charge >= 0.3 is 0 Å². The Morgan fingerprint density at radius 3 is 2.00 bits per heavy atom. The lowest BCUT2D eigenvalue weighted by molar-refractivity contribution is -0.108. The van der Waals surface area contributed by atoms with Crippen molar-refractivity contribution < 1.29 is 4.79 Å². The van der Waals surface area contributed by atoms with Crippen molar-refractivity contribution in [1.82, 2.24) is 4.98 Å². The monoisotopic (exact) mass is 567 g/mol. The number of hydrogen-bond acceptors (Lipinski definition) is 4. The lowest BCUT2D eigenvalue weighted by Crippen LogP contribution is -2.27. The van der Waals surface area contributed by atoms with Gasteiger partial charge in [-0.1, -0.05) is 135 Å². The summed E-state index contributed by atoms with van der Waals surface area (Å²) in [5.41, 5.74) is 5.65. The number of unbranched alkanes of at least 4 members (excludes halogenated alkanes) is 15. The Kier molecular flexibility index (Phi) is 12.6. The molecule has 0 fully saturated rings. The van der Waals surface area contributed by atoms with E-state index in [4.69, 9.17) is 4.99 Å². The maximum absolute atomic E-state index is 12.8. The van der Waals surface area contributed by atoms with E-state index >= 15 is 0 Å². The summed E-state index contributed by atoms with van der Waals surface area (Å²) < 4.78 is 0. The third-order valence-electron chi connectivity index (χ3n) is 9.07. The van der Waals surface area contributed by atoms with Crippen molar-refractivity contribution in [2.75, 3.05) is 11.4 Å². The molecule has 1 aromatic carbocycles. The molecule has 0 saturated heterocycles. The van der Waals surface area contributed by atoms with Crippen molar-refractivity contribution in [2.24, 2.45) is 4.99 Å². The molecule has 1 aromatic heterocycles. The van der Waals surface area contributed by atoms with Gasteiger partial charge in [0.05, 0.1) is 5.69 Å². The summed E-state index contributed by atoms with van der Waals surface area (Å²) in [6, 6.07) is 12.5. The van der Waals surface area contributed by atoms with Crippen LogP contribution in [0.15, 0.2) is 65.6 Å². The standard InChI is InChI=1S/C38H53N3O/c1-4-5-6-7-8-9-10-11-12-13-14-15-16-17-18-21-29-41-34-25-20-19-24-32(34)38(2,3)36(41)30-40-37-31-23-22-28-39-33(31)26-27-35(37)42/h19-20,22-28,30H,4-18,21,29H2,1-3H3. The quantitative estimate of drug-likeness (QED) is 0.168. The fourth-order valence-electron chi connectivity index (χ4n) is 6.51. The van der Waals surface area contributed by atoms with Crippen LogP contribution in [0.1, 0.15) is 140 Å². The van der Waals surface area contributed by atoms with Crippen LogP contribution in [0.25, 0.3) is 6.08 Å². The van der Waals surface area contributed by atoms with Crippen molar-refractivity contribution in [2.45, 2.75) is 129 Å². The zero-order chi connectivity index (χ0) is 29.6. The highest BCUT2D eigenvalue weighted by Gasteiger charge is 2.39. The molecular weight excluding hydrogens is 514 g/mol. The van der Waals surface area contributed by atoms with Gasteiger partial charge in [0.15, 0.2) is 0 Å². The number of carbonyl (C=O) groups excluding carboxylic acids is 1. The van der Waals surface area contributed by atoms with Crippen molar-refractivity contribution in [3.05, 3.63) is 77.4 Å². The fraction of sp³-hybridized carbons (Fsp3) is 0.553. The summed E-state index contributed by atoms with van der Waals surface area (Å²) in [5.74, 6) is -0.0648. The molecular formula is C38H53N3O. The molecule has 4 rings (SSSR count). The largest absolute Gasteiger partial charge is 0.343 e. The fourth-order valence-corrected chi connectivity index (χ4v) is 6.51. The highest BCUT2D eigenvalue weighted by atomic mass is 16.1. The number of benzene rings is 1. The van der Waals surface area contributed by atoms with Crippen LogP contribution in [0.5, 0.6) is 0 Å². The number of fused-ring (bicyclic) bond motifs is 2. The SMILES string of the molecule is CCCCCCCCCCCCCCCCCCN1C(=CN=C2C(=O)C=Cc3ncccc32)C(C)(C)c2ccccc21. The molecule has 2 aromatic rings. The van der Waals surface area contributed by atoms with Gasteiger partial charge < -0.3 is 4.90 Å². The Balaban J connectivity index is 1.23. The second kappa shape index (κ2) is 16.6. The van der Waals surface area contributed by atoms with E-state index in [0.29, 0.717) is 5.71 Å². The molecule has 0 unspecified atom stereocenters. The van der Waals surface area contributed by atoms with Gasteiger partial charge in [-0.25, -0.2) is 0 Å². The number of para-hydroxylation sites is 1. The number of nitrogens with zero attached hydrogens (tertiary/aromatic N) is 3. The first-order valence-electron chi connectivity index (χ1n) is 16.9. The summed E-state index contributed by atoms with van der Waals surface area (Å²) in [7, 11) is 0. The summed E-state index contributed by atoms with van der Waals surface area (Å²) in [5, 5.41) is 0. The van der Waals surface area contributed by atoms with E-state index in [1.807, 2.05) is 18.3 Å². The van der Waals surface area contributed by atoms with Crippen molar-refractivity contribution in [3.63, 3.8) is 0 Å². The predicted octanol–water partition coefficient (Wildman–Crippen LogP) is 10.4. The number of hydrogen-bond donors (Lipinski definition) is 0. The normalized spacial score (nSPS) is 17.3.